The summed E-state index contributed by atoms with van der Waals surface area (Å²) in [5, 5.41) is 0.521. The van der Waals surface area contributed by atoms with Gasteiger partial charge < -0.3 is 9.64 Å². The molecule has 1 aliphatic heterocycles. The molecule has 0 N–H and O–H groups in total. The highest BCUT2D eigenvalue weighted by Gasteiger charge is 2.34. The number of nitrogens with zero attached hydrogens (tertiary/aromatic N) is 1. The van der Waals surface area contributed by atoms with E-state index in [1.54, 1.807) is 6.92 Å². The molecule has 9 heteroatoms. The number of esters is 1. The Balaban J connectivity index is 1.95. The number of ether oxygens (including phenoxy) is 1. The van der Waals surface area contributed by atoms with Gasteiger partial charge in [-0.2, -0.15) is 0 Å². The number of carbonyl (C=O) groups excluding carboxylic acids is 2. The van der Waals surface area contributed by atoms with Gasteiger partial charge in [0.15, 0.2) is 16.4 Å². The van der Waals surface area contributed by atoms with Crippen LogP contribution >= 0.6 is 23.2 Å². The molecule has 1 aromatic rings. The fraction of sp³-hybridized carbons (Fsp3) is 0.467. The standard InChI is InChI=1S/C15H17Cl2NO5S/c1-2-18(11-5-6-24(21,22)9-11)14(19)8-23-15(20)10-3-4-12(16)13(17)7-10/h3-4,7,11H,2,5-6,8-9H2,1H3/t11-/m1/s1. The lowest BCUT2D eigenvalue weighted by molar-refractivity contribution is -0.136. The fourth-order valence-electron chi connectivity index (χ4n) is 2.58. The summed E-state index contributed by atoms with van der Waals surface area (Å²) in [4.78, 5) is 25.6. The second kappa shape index (κ2) is 7.72. The molecular formula is C15H17Cl2NO5S. The number of halogens is 2. The Labute approximate surface area is 150 Å². The van der Waals surface area contributed by atoms with Gasteiger partial charge in [-0.25, -0.2) is 13.2 Å². The van der Waals surface area contributed by atoms with Crippen LogP contribution in [0.3, 0.4) is 0 Å². The van der Waals surface area contributed by atoms with Crippen LogP contribution in [0.2, 0.25) is 10.0 Å². The summed E-state index contributed by atoms with van der Waals surface area (Å²) < 4.78 is 28.1. The Morgan fingerprint density at radius 3 is 2.54 bits per heavy atom. The van der Waals surface area contributed by atoms with Crippen molar-refractivity contribution in [1.29, 1.82) is 0 Å². The maximum atomic E-state index is 12.2. The van der Waals surface area contributed by atoms with Crippen molar-refractivity contribution in [2.75, 3.05) is 24.7 Å². The van der Waals surface area contributed by atoms with Crippen molar-refractivity contribution in [3.63, 3.8) is 0 Å². The van der Waals surface area contributed by atoms with Crippen LogP contribution < -0.4 is 0 Å². The van der Waals surface area contributed by atoms with Gasteiger partial charge in [-0.05, 0) is 31.5 Å². The minimum absolute atomic E-state index is 0.0483. The number of carbonyl (C=O) groups is 2. The molecule has 0 aromatic heterocycles. The molecule has 1 atom stereocenters. The normalized spacial score (nSPS) is 19.0. The Morgan fingerprint density at radius 2 is 2.00 bits per heavy atom. The molecule has 132 valence electrons. The van der Waals surface area contributed by atoms with E-state index in [0.29, 0.717) is 18.0 Å². The topological polar surface area (TPSA) is 80.8 Å². The van der Waals surface area contributed by atoms with Gasteiger partial charge in [0.05, 0.1) is 27.1 Å². The Hall–Kier alpha value is -1.31. The SMILES string of the molecule is CCN(C(=O)COC(=O)c1ccc(Cl)c(Cl)c1)[C@@H]1CCS(=O)(=O)C1. The van der Waals surface area contributed by atoms with Crippen molar-refractivity contribution in [3.05, 3.63) is 33.8 Å². The number of hydrogen-bond acceptors (Lipinski definition) is 5. The minimum Gasteiger partial charge on any atom is -0.452 e. The lowest BCUT2D eigenvalue weighted by Crippen LogP contribution is -2.43. The molecule has 0 bridgehead atoms. The van der Waals surface area contributed by atoms with Crippen molar-refractivity contribution in [1.82, 2.24) is 4.90 Å². The lowest BCUT2D eigenvalue weighted by Gasteiger charge is -2.26. The van der Waals surface area contributed by atoms with E-state index >= 15 is 0 Å². The van der Waals surface area contributed by atoms with Crippen molar-refractivity contribution >= 4 is 44.9 Å². The highest BCUT2D eigenvalue weighted by molar-refractivity contribution is 7.91. The van der Waals surface area contributed by atoms with Crippen molar-refractivity contribution < 1.29 is 22.7 Å². The van der Waals surface area contributed by atoms with E-state index in [4.69, 9.17) is 27.9 Å². The van der Waals surface area contributed by atoms with Crippen LogP contribution in [0.25, 0.3) is 0 Å². The molecule has 1 aliphatic rings. The van der Waals surface area contributed by atoms with Crippen LogP contribution in [0, 0.1) is 0 Å². The Bertz CT molecular complexity index is 750. The third-order valence-electron chi connectivity index (χ3n) is 3.79. The smallest absolute Gasteiger partial charge is 0.338 e. The zero-order chi connectivity index (χ0) is 17.9. The molecule has 0 saturated carbocycles. The number of likely N-dealkylation sites (N-methyl/N-ethyl adjacent to an activating group) is 1. The lowest BCUT2D eigenvalue weighted by atomic mass is 10.2. The van der Waals surface area contributed by atoms with Gasteiger partial charge in [-0.3, -0.25) is 4.79 Å². The van der Waals surface area contributed by atoms with Gasteiger partial charge >= 0.3 is 5.97 Å². The van der Waals surface area contributed by atoms with E-state index in [1.807, 2.05) is 0 Å². The predicted molar refractivity (Wildman–Crippen MR) is 91.2 cm³/mol. The zero-order valence-electron chi connectivity index (χ0n) is 13.0. The van der Waals surface area contributed by atoms with E-state index in [9.17, 15) is 18.0 Å². The maximum Gasteiger partial charge on any atom is 0.338 e. The van der Waals surface area contributed by atoms with Crippen LogP contribution in [0.1, 0.15) is 23.7 Å². The average Bonchev–Trinajstić information content (AvgIpc) is 2.88. The summed E-state index contributed by atoms with van der Waals surface area (Å²) in [7, 11) is -3.10. The molecule has 0 spiro atoms. The minimum atomic E-state index is -3.10. The molecule has 1 fully saturated rings. The van der Waals surface area contributed by atoms with Crippen LogP contribution in [-0.2, 0) is 19.4 Å². The molecule has 6 nitrogen and oxygen atoms in total. The van der Waals surface area contributed by atoms with E-state index in [0.717, 1.165) is 0 Å². The highest BCUT2D eigenvalue weighted by Crippen LogP contribution is 2.23. The largest absolute Gasteiger partial charge is 0.452 e. The average molecular weight is 394 g/mol. The van der Waals surface area contributed by atoms with Crippen LogP contribution in [0.5, 0.6) is 0 Å². The molecule has 24 heavy (non-hydrogen) atoms. The summed E-state index contributed by atoms with van der Waals surface area (Å²) in [5.74, 6) is -1.09. The Kier molecular flexibility index (Phi) is 6.11. The monoisotopic (exact) mass is 393 g/mol. The third-order valence-corrected chi connectivity index (χ3v) is 6.28. The first-order valence-corrected chi connectivity index (χ1v) is 9.93. The molecule has 1 heterocycles. The zero-order valence-corrected chi connectivity index (χ0v) is 15.3. The van der Waals surface area contributed by atoms with E-state index in [2.05, 4.69) is 0 Å². The summed E-state index contributed by atoms with van der Waals surface area (Å²) in [6.45, 7) is 1.65. The number of hydrogen-bond donors (Lipinski definition) is 0. The van der Waals surface area contributed by atoms with Gasteiger partial charge in [0.25, 0.3) is 5.91 Å². The molecule has 1 amide bonds. The predicted octanol–water partition coefficient (Wildman–Crippen LogP) is 2.19. The van der Waals surface area contributed by atoms with Gasteiger partial charge in [0.2, 0.25) is 0 Å². The summed E-state index contributed by atoms with van der Waals surface area (Å²) in [6, 6.07) is 3.90. The number of sulfone groups is 1. The Morgan fingerprint density at radius 1 is 1.29 bits per heavy atom. The van der Waals surface area contributed by atoms with Gasteiger partial charge in [-0.15, -0.1) is 0 Å². The van der Waals surface area contributed by atoms with Crippen molar-refractivity contribution in [2.45, 2.75) is 19.4 Å². The number of rotatable bonds is 5. The second-order valence-corrected chi connectivity index (χ2v) is 8.48. The fourth-order valence-corrected chi connectivity index (χ4v) is 4.60. The quantitative estimate of drug-likeness (QED) is 0.716. The molecule has 0 unspecified atom stereocenters. The molecule has 0 aliphatic carbocycles. The molecular weight excluding hydrogens is 377 g/mol. The summed E-state index contributed by atoms with van der Waals surface area (Å²) >= 11 is 11.6. The van der Waals surface area contributed by atoms with Crippen LogP contribution in [-0.4, -0.2) is 55.9 Å². The first-order chi connectivity index (χ1) is 11.2. The summed E-state index contributed by atoms with van der Waals surface area (Å²) in [6.07, 6.45) is 0.405. The first kappa shape index (κ1) is 19.0. The van der Waals surface area contributed by atoms with E-state index < -0.39 is 28.3 Å². The van der Waals surface area contributed by atoms with Gasteiger partial charge in [0.1, 0.15) is 0 Å². The van der Waals surface area contributed by atoms with Crippen molar-refractivity contribution in [2.24, 2.45) is 0 Å². The molecule has 0 radical (unpaired) electrons. The number of benzene rings is 1. The second-order valence-electron chi connectivity index (χ2n) is 5.44. The van der Waals surface area contributed by atoms with Gasteiger partial charge in [0, 0.05) is 12.6 Å². The van der Waals surface area contributed by atoms with Crippen molar-refractivity contribution in [3.8, 4) is 0 Å². The molecule has 1 saturated heterocycles. The maximum absolute atomic E-state index is 12.2. The van der Waals surface area contributed by atoms with Crippen LogP contribution in [0.4, 0.5) is 0 Å². The first-order valence-electron chi connectivity index (χ1n) is 7.35. The molecule has 1 aromatic carbocycles. The summed E-state index contributed by atoms with van der Waals surface area (Å²) in [5.41, 5.74) is 0.184. The van der Waals surface area contributed by atoms with Gasteiger partial charge in [-0.1, -0.05) is 23.2 Å². The van der Waals surface area contributed by atoms with E-state index in [1.165, 1.54) is 23.1 Å². The third kappa shape index (κ3) is 4.62. The molecule has 2 rings (SSSR count). The van der Waals surface area contributed by atoms with Crippen LogP contribution in [0.15, 0.2) is 18.2 Å². The van der Waals surface area contributed by atoms with E-state index in [-0.39, 0.29) is 28.1 Å². The number of amides is 1. The highest BCUT2D eigenvalue weighted by atomic mass is 35.5.